The average molecular weight is 546 g/mol. The summed E-state index contributed by atoms with van der Waals surface area (Å²) in [5.74, 6) is -2.91. The predicted molar refractivity (Wildman–Crippen MR) is 135 cm³/mol. The highest BCUT2D eigenvalue weighted by Gasteiger charge is 2.34. The van der Waals surface area contributed by atoms with Gasteiger partial charge in [0.1, 0.15) is 17.5 Å². The molecule has 3 heterocycles. The lowest BCUT2D eigenvalue weighted by atomic mass is 10.1. The van der Waals surface area contributed by atoms with Crippen LogP contribution < -0.4 is 15.1 Å². The van der Waals surface area contributed by atoms with E-state index in [1.54, 1.807) is 19.1 Å². The summed E-state index contributed by atoms with van der Waals surface area (Å²) in [6.07, 6.45) is 0.416. The van der Waals surface area contributed by atoms with Crippen molar-refractivity contribution >= 4 is 35.3 Å². The predicted octanol–water partition coefficient (Wildman–Crippen LogP) is 2.11. The Morgan fingerprint density at radius 3 is 2.49 bits per heavy atom. The summed E-state index contributed by atoms with van der Waals surface area (Å²) in [5.41, 5.74) is -0.0468. The van der Waals surface area contributed by atoms with Crippen LogP contribution in [-0.2, 0) is 19.1 Å². The molecule has 1 atom stereocenters. The minimum absolute atomic E-state index is 0.00912. The van der Waals surface area contributed by atoms with Crippen LogP contribution >= 0.6 is 0 Å². The van der Waals surface area contributed by atoms with Crippen LogP contribution in [-0.4, -0.2) is 85.7 Å². The van der Waals surface area contributed by atoms with Crippen LogP contribution in [0, 0.1) is 11.6 Å². The Hall–Kier alpha value is -4.29. The molecule has 1 aromatic heterocycles. The Bertz CT molecular complexity index is 1200. The van der Waals surface area contributed by atoms with Gasteiger partial charge >= 0.3 is 12.1 Å². The second kappa shape index (κ2) is 12.5. The van der Waals surface area contributed by atoms with Crippen molar-refractivity contribution in [2.45, 2.75) is 25.9 Å². The largest absolute Gasteiger partial charge is 0.466 e. The van der Waals surface area contributed by atoms with Gasteiger partial charge in [0.15, 0.2) is 11.6 Å². The van der Waals surface area contributed by atoms with E-state index in [4.69, 9.17) is 9.47 Å². The molecule has 208 valence electrons. The topological polar surface area (TPSA) is 121 Å². The Morgan fingerprint density at radius 1 is 1.13 bits per heavy atom. The summed E-state index contributed by atoms with van der Waals surface area (Å²) in [6, 6.07) is 7.00. The molecule has 2 aliphatic heterocycles. The SMILES string of the molecule is CCOC(=O)CC[C@H]1CN(c2cc(F)c(N3CCN(C(=O)CNC(=O)c4ccccn4)CC3)c(F)c2)C(=O)O1. The van der Waals surface area contributed by atoms with Crippen molar-refractivity contribution in [3.05, 3.63) is 53.9 Å². The lowest BCUT2D eigenvalue weighted by Gasteiger charge is -2.36. The zero-order valence-electron chi connectivity index (χ0n) is 21.4. The quantitative estimate of drug-likeness (QED) is 0.476. The highest BCUT2D eigenvalue weighted by molar-refractivity contribution is 5.94. The van der Waals surface area contributed by atoms with Crippen LogP contribution in [0.25, 0.3) is 0 Å². The molecular formula is C26H29F2N5O6. The minimum atomic E-state index is -0.852. The van der Waals surface area contributed by atoms with E-state index in [2.05, 4.69) is 10.3 Å². The number of aromatic nitrogens is 1. The Balaban J connectivity index is 1.31. The normalized spacial score (nSPS) is 17.2. The molecule has 39 heavy (non-hydrogen) atoms. The van der Waals surface area contributed by atoms with E-state index in [1.165, 1.54) is 22.1 Å². The van der Waals surface area contributed by atoms with E-state index in [0.717, 1.165) is 17.0 Å². The van der Waals surface area contributed by atoms with E-state index < -0.39 is 35.7 Å². The van der Waals surface area contributed by atoms with Crippen LogP contribution in [0.5, 0.6) is 0 Å². The molecule has 0 bridgehead atoms. The van der Waals surface area contributed by atoms with Gasteiger partial charge in [0.05, 0.1) is 25.4 Å². The second-order valence-electron chi connectivity index (χ2n) is 8.98. The number of carbonyl (C=O) groups is 4. The number of nitrogens with zero attached hydrogens (tertiary/aromatic N) is 4. The summed E-state index contributed by atoms with van der Waals surface area (Å²) in [5, 5.41) is 2.52. The van der Waals surface area contributed by atoms with Crippen molar-refractivity contribution in [3.63, 3.8) is 0 Å². The van der Waals surface area contributed by atoms with Crippen molar-refractivity contribution in [2.75, 3.05) is 55.7 Å². The average Bonchev–Trinajstić information content (AvgIpc) is 3.31. The standard InChI is InChI=1S/C26H29F2N5O6/c1-2-38-23(35)7-6-18-16-33(26(37)39-18)17-13-19(27)24(20(28)14-17)32-11-9-31(10-12-32)22(34)15-30-25(36)21-5-3-4-8-29-21/h3-5,8,13-14,18H,2,6-7,9-12,15-16H2,1H3,(H,30,36)/t18-/m0/s1. The fraction of sp³-hybridized carbons (Fsp3) is 0.423. The summed E-state index contributed by atoms with van der Waals surface area (Å²) in [4.78, 5) is 56.6. The number of carbonyl (C=O) groups excluding carboxylic acids is 4. The molecular weight excluding hydrogens is 516 g/mol. The summed E-state index contributed by atoms with van der Waals surface area (Å²) in [6.45, 7) is 2.53. The summed E-state index contributed by atoms with van der Waals surface area (Å²) >= 11 is 0. The number of esters is 1. The van der Waals surface area contributed by atoms with Gasteiger partial charge in [-0.2, -0.15) is 0 Å². The van der Waals surface area contributed by atoms with E-state index in [1.807, 2.05) is 0 Å². The molecule has 2 aliphatic rings. The molecule has 13 heteroatoms. The molecule has 0 radical (unpaired) electrons. The van der Waals surface area contributed by atoms with Gasteiger partial charge < -0.3 is 24.6 Å². The van der Waals surface area contributed by atoms with E-state index in [-0.39, 0.29) is 81.7 Å². The molecule has 0 spiro atoms. The first-order valence-corrected chi connectivity index (χ1v) is 12.6. The van der Waals surface area contributed by atoms with Gasteiger partial charge in [0.25, 0.3) is 5.91 Å². The molecule has 3 amide bonds. The van der Waals surface area contributed by atoms with Crippen LogP contribution in [0.1, 0.15) is 30.3 Å². The first kappa shape index (κ1) is 27.7. The molecule has 4 rings (SSSR count). The Labute approximate surface area is 223 Å². The van der Waals surface area contributed by atoms with Crippen molar-refractivity contribution in [2.24, 2.45) is 0 Å². The molecule has 2 fully saturated rings. The molecule has 1 aromatic carbocycles. The smallest absolute Gasteiger partial charge is 0.414 e. The molecule has 2 aromatic rings. The number of hydrogen-bond acceptors (Lipinski definition) is 8. The van der Waals surface area contributed by atoms with Crippen LogP contribution in [0.15, 0.2) is 36.5 Å². The number of halogens is 2. The van der Waals surface area contributed by atoms with Crippen LogP contribution in [0.4, 0.5) is 25.0 Å². The number of anilines is 2. The molecule has 1 N–H and O–H groups in total. The number of cyclic esters (lactones) is 1. The number of ether oxygens (including phenoxy) is 2. The van der Waals surface area contributed by atoms with Crippen molar-refractivity contribution < 1.29 is 37.4 Å². The minimum Gasteiger partial charge on any atom is -0.466 e. The fourth-order valence-corrected chi connectivity index (χ4v) is 4.44. The first-order chi connectivity index (χ1) is 18.8. The monoisotopic (exact) mass is 545 g/mol. The summed E-state index contributed by atoms with van der Waals surface area (Å²) < 4.78 is 40.3. The zero-order chi connectivity index (χ0) is 27.9. The number of amides is 3. The van der Waals surface area contributed by atoms with Crippen LogP contribution in [0.2, 0.25) is 0 Å². The van der Waals surface area contributed by atoms with Crippen molar-refractivity contribution in [1.82, 2.24) is 15.2 Å². The number of pyridine rings is 1. The number of piperazine rings is 1. The lowest BCUT2D eigenvalue weighted by Crippen LogP contribution is -2.51. The van der Waals surface area contributed by atoms with Crippen molar-refractivity contribution in [3.8, 4) is 0 Å². The van der Waals surface area contributed by atoms with Gasteiger partial charge in [-0.3, -0.25) is 24.3 Å². The maximum Gasteiger partial charge on any atom is 0.414 e. The highest BCUT2D eigenvalue weighted by atomic mass is 19.1. The van der Waals surface area contributed by atoms with Gasteiger partial charge in [-0.05, 0) is 25.5 Å². The lowest BCUT2D eigenvalue weighted by molar-refractivity contribution is -0.143. The maximum absolute atomic E-state index is 15.1. The van der Waals surface area contributed by atoms with Crippen LogP contribution in [0.3, 0.4) is 0 Å². The molecule has 2 saturated heterocycles. The number of rotatable bonds is 9. The maximum atomic E-state index is 15.1. The zero-order valence-corrected chi connectivity index (χ0v) is 21.4. The third-order valence-electron chi connectivity index (χ3n) is 6.41. The van der Waals surface area contributed by atoms with Gasteiger partial charge in [-0.1, -0.05) is 6.07 Å². The van der Waals surface area contributed by atoms with Gasteiger partial charge in [-0.25, -0.2) is 13.6 Å². The number of benzene rings is 1. The number of hydrogen-bond donors (Lipinski definition) is 1. The van der Waals surface area contributed by atoms with E-state index in [0.29, 0.717) is 0 Å². The Morgan fingerprint density at radius 2 is 1.85 bits per heavy atom. The molecule has 11 nitrogen and oxygen atoms in total. The first-order valence-electron chi connectivity index (χ1n) is 12.6. The molecule has 0 saturated carbocycles. The van der Waals surface area contributed by atoms with Crippen molar-refractivity contribution in [1.29, 1.82) is 0 Å². The van der Waals surface area contributed by atoms with Gasteiger partial charge in [0, 0.05) is 50.9 Å². The van der Waals surface area contributed by atoms with E-state index >= 15 is 8.78 Å². The van der Waals surface area contributed by atoms with Gasteiger partial charge in [0.2, 0.25) is 5.91 Å². The molecule has 0 aliphatic carbocycles. The molecule has 0 unspecified atom stereocenters. The highest BCUT2D eigenvalue weighted by Crippen LogP contribution is 2.32. The fourth-order valence-electron chi connectivity index (χ4n) is 4.44. The third kappa shape index (κ3) is 6.78. The van der Waals surface area contributed by atoms with E-state index in [9.17, 15) is 19.2 Å². The number of nitrogens with one attached hydrogen (secondary N) is 1. The second-order valence-corrected chi connectivity index (χ2v) is 8.98. The third-order valence-corrected chi connectivity index (χ3v) is 6.41. The summed E-state index contributed by atoms with van der Waals surface area (Å²) in [7, 11) is 0. The van der Waals surface area contributed by atoms with Gasteiger partial charge in [-0.15, -0.1) is 0 Å². The Kier molecular flexibility index (Phi) is 8.89.